The summed E-state index contributed by atoms with van der Waals surface area (Å²) in [5.41, 5.74) is 7.20. The van der Waals surface area contributed by atoms with E-state index in [-0.39, 0.29) is 0 Å². The number of hydrogen-bond acceptors (Lipinski definition) is 2. The van der Waals surface area contributed by atoms with Gasteiger partial charge in [0.25, 0.3) is 0 Å². The van der Waals surface area contributed by atoms with Gasteiger partial charge in [0.05, 0.1) is 0 Å². The molecule has 0 saturated heterocycles. The van der Waals surface area contributed by atoms with Gasteiger partial charge in [-0.3, -0.25) is 0 Å². The molecule has 1 aromatic rings. The minimum Gasteiger partial charge on any atom is -0.327 e. The van der Waals surface area contributed by atoms with E-state index in [0.29, 0.717) is 6.04 Å². The molecule has 0 amide bonds. The van der Waals surface area contributed by atoms with Gasteiger partial charge in [0, 0.05) is 19.1 Å². The van der Waals surface area contributed by atoms with E-state index in [2.05, 4.69) is 36.5 Å². The lowest BCUT2D eigenvalue weighted by Crippen LogP contribution is -2.33. The quantitative estimate of drug-likeness (QED) is 0.722. The molecule has 1 aromatic carbocycles. The predicted molar refractivity (Wildman–Crippen MR) is 61.0 cm³/mol. The largest absolute Gasteiger partial charge is 0.327 e. The molecule has 0 aliphatic rings. The average molecular weight is 192 g/mol. The molecule has 0 aliphatic heterocycles. The van der Waals surface area contributed by atoms with Crippen LogP contribution in [0.15, 0.2) is 30.3 Å². The Bertz CT molecular complexity index is 233. The number of nitrogens with one attached hydrogen (secondary N) is 1. The number of hydrogen-bond donors (Lipinski definition) is 2. The van der Waals surface area contributed by atoms with Crippen LogP contribution in [0.4, 0.5) is 0 Å². The van der Waals surface area contributed by atoms with Crippen molar-refractivity contribution >= 4 is 0 Å². The van der Waals surface area contributed by atoms with Gasteiger partial charge in [-0.1, -0.05) is 43.7 Å². The Morgan fingerprint density at radius 1 is 1.29 bits per heavy atom. The highest BCUT2D eigenvalue weighted by molar-refractivity contribution is 5.14. The molecule has 78 valence electrons. The van der Waals surface area contributed by atoms with Crippen LogP contribution in [0.25, 0.3) is 0 Å². The fraction of sp³-hybridized carbons (Fsp3) is 0.500. The van der Waals surface area contributed by atoms with Crippen LogP contribution < -0.4 is 11.1 Å². The molecule has 2 nitrogen and oxygen atoms in total. The molecule has 0 fully saturated rings. The van der Waals surface area contributed by atoms with Gasteiger partial charge in [-0.05, 0) is 12.0 Å². The Hall–Kier alpha value is -0.860. The molecule has 2 heteroatoms. The third-order valence-electron chi connectivity index (χ3n) is 2.24. The van der Waals surface area contributed by atoms with Crippen LogP contribution in [-0.2, 0) is 6.54 Å². The second-order valence-electron chi connectivity index (χ2n) is 3.67. The van der Waals surface area contributed by atoms with E-state index in [1.165, 1.54) is 5.56 Å². The maximum absolute atomic E-state index is 5.89. The van der Waals surface area contributed by atoms with E-state index >= 15 is 0 Å². The molecule has 1 atom stereocenters. The van der Waals surface area contributed by atoms with Crippen molar-refractivity contribution < 1.29 is 0 Å². The van der Waals surface area contributed by atoms with Gasteiger partial charge < -0.3 is 11.1 Å². The van der Waals surface area contributed by atoms with Gasteiger partial charge in [-0.2, -0.15) is 0 Å². The average Bonchev–Trinajstić information content (AvgIpc) is 2.20. The zero-order valence-corrected chi connectivity index (χ0v) is 8.87. The first-order valence-corrected chi connectivity index (χ1v) is 5.33. The first-order chi connectivity index (χ1) is 6.83. The Morgan fingerprint density at radius 3 is 2.64 bits per heavy atom. The van der Waals surface area contributed by atoms with Crippen LogP contribution in [0.5, 0.6) is 0 Å². The molecule has 1 rings (SSSR count). The predicted octanol–water partition coefficient (Wildman–Crippen LogP) is 1.90. The molecule has 0 spiro atoms. The highest BCUT2D eigenvalue weighted by Gasteiger charge is 1.99. The van der Waals surface area contributed by atoms with Gasteiger partial charge in [0.1, 0.15) is 0 Å². The summed E-state index contributed by atoms with van der Waals surface area (Å²) in [5, 5.41) is 3.36. The van der Waals surface area contributed by atoms with Gasteiger partial charge in [-0.25, -0.2) is 0 Å². The smallest absolute Gasteiger partial charge is 0.0206 e. The second kappa shape index (κ2) is 6.57. The van der Waals surface area contributed by atoms with E-state index in [1.54, 1.807) is 0 Å². The minimum absolute atomic E-state index is 0.295. The van der Waals surface area contributed by atoms with Crippen LogP contribution >= 0.6 is 0 Å². The third kappa shape index (κ3) is 4.40. The highest BCUT2D eigenvalue weighted by atomic mass is 14.9. The summed E-state index contributed by atoms with van der Waals surface area (Å²) in [5.74, 6) is 0. The summed E-state index contributed by atoms with van der Waals surface area (Å²) >= 11 is 0. The van der Waals surface area contributed by atoms with E-state index in [0.717, 1.165) is 25.9 Å². The number of nitrogens with two attached hydrogens (primary N) is 1. The van der Waals surface area contributed by atoms with Crippen molar-refractivity contribution in [2.45, 2.75) is 32.4 Å². The Balaban J connectivity index is 2.16. The molecular formula is C12H20N2. The van der Waals surface area contributed by atoms with Gasteiger partial charge in [0.15, 0.2) is 0 Å². The van der Waals surface area contributed by atoms with E-state index in [9.17, 15) is 0 Å². The van der Waals surface area contributed by atoms with Gasteiger partial charge >= 0.3 is 0 Å². The Morgan fingerprint density at radius 2 is 2.00 bits per heavy atom. The Labute approximate surface area is 86.5 Å². The molecule has 14 heavy (non-hydrogen) atoms. The summed E-state index contributed by atoms with van der Waals surface area (Å²) in [7, 11) is 0. The van der Waals surface area contributed by atoms with E-state index in [1.807, 2.05) is 6.07 Å². The molecule has 0 radical (unpaired) electrons. The van der Waals surface area contributed by atoms with Crippen LogP contribution in [-0.4, -0.2) is 12.6 Å². The molecule has 0 aromatic heterocycles. The first kappa shape index (κ1) is 11.2. The summed E-state index contributed by atoms with van der Waals surface area (Å²) < 4.78 is 0. The monoisotopic (exact) mass is 192 g/mol. The molecular weight excluding hydrogens is 172 g/mol. The maximum Gasteiger partial charge on any atom is 0.0206 e. The molecule has 0 aliphatic carbocycles. The van der Waals surface area contributed by atoms with Crippen molar-refractivity contribution in [3.05, 3.63) is 35.9 Å². The van der Waals surface area contributed by atoms with E-state index < -0.39 is 0 Å². The topological polar surface area (TPSA) is 38.0 Å². The van der Waals surface area contributed by atoms with Crippen molar-refractivity contribution in [2.24, 2.45) is 5.73 Å². The van der Waals surface area contributed by atoms with Crippen molar-refractivity contribution in [1.29, 1.82) is 0 Å². The van der Waals surface area contributed by atoms with Crippen molar-refractivity contribution in [2.75, 3.05) is 6.54 Å². The normalized spacial score (nSPS) is 12.7. The van der Waals surface area contributed by atoms with Crippen LogP contribution in [0.3, 0.4) is 0 Å². The van der Waals surface area contributed by atoms with E-state index in [4.69, 9.17) is 5.73 Å². The Kier molecular flexibility index (Phi) is 5.27. The second-order valence-corrected chi connectivity index (χ2v) is 3.67. The van der Waals surface area contributed by atoms with Crippen molar-refractivity contribution in [1.82, 2.24) is 5.32 Å². The molecule has 0 saturated carbocycles. The standard InChI is InChI=1S/C12H20N2/c1-2-6-12(13)10-14-9-11-7-4-3-5-8-11/h3-5,7-8,12,14H,2,6,9-10,13H2,1H3/t12-/m1/s1. The molecule has 3 N–H and O–H groups in total. The van der Waals surface area contributed by atoms with Gasteiger partial charge in [-0.15, -0.1) is 0 Å². The fourth-order valence-electron chi connectivity index (χ4n) is 1.47. The number of rotatable bonds is 6. The minimum atomic E-state index is 0.295. The van der Waals surface area contributed by atoms with Crippen LogP contribution in [0.1, 0.15) is 25.3 Å². The van der Waals surface area contributed by atoms with Crippen LogP contribution in [0, 0.1) is 0 Å². The lowest BCUT2D eigenvalue weighted by molar-refractivity contribution is 0.539. The highest BCUT2D eigenvalue weighted by Crippen LogP contribution is 1.97. The number of benzene rings is 1. The zero-order valence-electron chi connectivity index (χ0n) is 8.87. The third-order valence-corrected chi connectivity index (χ3v) is 2.24. The zero-order chi connectivity index (χ0) is 10.2. The lowest BCUT2D eigenvalue weighted by Gasteiger charge is -2.11. The fourth-order valence-corrected chi connectivity index (χ4v) is 1.47. The molecule has 0 bridgehead atoms. The summed E-state index contributed by atoms with van der Waals surface area (Å²) in [6.45, 7) is 3.98. The van der Waals surface area contributed by atoms with Crippen molar-refractivity contribution in [3.8, 4) is 0 Å². The van der Waals surface area contributed by atoms with Gasteiger partial charge in [0.2, 0.25) is 0 Å². The van der Waals surface area contributed by atoms with Crippen LogP contribution in [0.2, 0.25) is 0 Å². The molecule has 0 unspecified atom stereocenters. The lowest BCUT2D eigenvalue weighted by atomic mass is 10.1. The summed E-state index contributed by atoms with van der Waals surface area (Å²) in [6, 6.07) is 10.7. The SMILES string of the molecule is CCC[C@@H](N)CNCc1ccccc1. The van der Waals surface area contributed by atoms with Crippen molar-refractivity contribution in [3.63, 3.8) is 0 Å². The maximum atomic E-state index is 5.89. The summed E-state index contributed by atoms with van der Waals surface area (Å²) in [4.78, 5) is 0. The first-order valence-electron chi connectivity index (χ1n) is 5.33. The summed E-state index contributed by atoms with van der Waals surface area (Å²) in [6.07, 6.45) is 2.26. The molecule has 0 heterocycles.